The maximum atomic E-state index is 14.6. The number of hydrogen-bond acceptors (Lipinski definition) is 3. The Kier molecular flexibility index (Phi) is 5.55. The molecule has 0 saturated heterocycles. The summed E-state index contributed by atoms with van der Waals surface area (Å²) in [4.78, 5) is 13.4. The van der Waals surface area contributed by atoms with Crippen LogP contribution in [0.25, 0.3) is 16.6 Å². The smallest absolute Gasteiger partial charge is 0.253 e. The zero-order valence-electron chi connectivity index (χ0n) is 19.2. The highest BCUT2D eigenvalue weighted by Crippen LogP contribution is 2.36. The number of rotatable bonds is 4. The minimum atomic E-state index is -0.649. The van der Waals surface area contributed by atoms with E-state index in [4.69, 9.17) is 4.74 Å². The van der Waals surface area contributed by atoms with Crippen LogP contribution in [0.3, 0.4) is 0 Å². The number of halogens is 2. The van der Waals surface area contributed by atoms with Gasteiger partial charge in [0.1, 0.15) is 17.4 Å². The van der Waals surface area contributed by atoms with E-state index in [0.717, 1.165) is 11.3 Å². The van der Waals surface area contributed by atoms with E-state index in [9.17, 15) is 13.6 Å². The highest BCUT2D eigenvalue weighted by atomic mass is 19.1. The second-order valence-electron chi connectivity index (χ2n) is 8.84. The summed E-state index contributed by atoms with van der Waals surface area (Å²) in [5.41, 5.74) is 3.43. The minimum absolute atomic E-state index is 0.0657. The van der Waals surface area contributed by atoms with Crippen LogP contribution in [-0.2, 0) is 0 Å². The Hall–Kier alpha value is -3.74. The normalized spacial score (nSPS) is 15.3. The summed E-state index contributed by atoms with van der Waals surface area (Å²) < 4.78 is 36.6. The van der Waals surface area contributed by atoms with Gasteiger partial charge in [-0.3, -0.25) is 4.79 Å². The van der Waals surface area contributed by atoms with E-state index in [1.165, 1.54) is 18.2 Å². The summed E-state index contributed by atoms with van der Waals surface area (Å²) in [7, 11) is 0. The van der Waals surface area contributed by atoms with Gasteiger partial charge in [-0.15, -0.1) is 0 Å². The van der Waals surface area contributed by atoms with Crippen LogP contribution in [-0.4, -0.2) is 22.1 Å². The highest BCUT2D eigenvalue weighted by Gasteiger charge is 2.27. The number of fused-ring (bicyclic) bond motifs is 2. The van der Waals surface area contributed by atoms with Crippen LogP contribution in [0, 0.1) is 18.6 Å². The Morgan fingerprint density at radius 1 is 1.06 bits per heavy atom. The first-order valence-corrected chi connectivity index (χ1v) is 11.4. The third-order valence-electron chi connectivity index (χ3n) is 6.28. The third-order valence-corrected chi connectivity index (χ3v) is 6.28. The molecule has 2 aromatic carbocycles. The van der Waals surface area contributed by atoms with Gasteiger partial charge in [-0.2, -0.15) is 5.10 Å². The zero-order chi connectivity index (χ0) is 24.0. The van der Waals surface area contributed by atoms with Crippen molar-refractivity contribution in [2.75, 3.05) is 6.61 Å². The number of benzene rings is 2. The maximum Gasteiger partial charge on any atom is 0.253 e. The molecule has 3 heterocycles. The number of carbonyl (C=O) groups excluding carboxylic acids is 1. The van der Waals surface area contributed by atoms with E-state index >= 15 is 0 Å². The fourth-order valence-electron chi connectivity index (χ4n) is 4.77. The Balaban J connectivity index is 1.60. The van der Waals surface area contributed by atoms with Crippen molar-refractivity contribution in [3.05, 3.63) is 88.7 Å². The number of amides is 1. The first-order chi connectivity index (χ1) is 16.4. The lowest BCUT2D eigenvalue weighted by molar-refractivity contribution is 0.0922. The lowest BCUT2D eigenvalue weighted by atomic mass is 9.98. The summed E-state index contributed by atoms with van der Waals surface area (Å²) in [6.07, 6.45) is 0.666. The number of aromatic nitrogens is 2. The summed E-state index contributed by atoms with van der Waals surface area (Å²) in [5.74, 6) is -0.811. The molecule has 4 aromatic rings. The van der Waals surface area contributed by atoms with Crippen molar-refractivity contribution in [1.82, 2.24) is 14.9 Å². The molecule has 1 N–H and O–H groups in total. The molecule has 0 bridgehead atoms. The minimum Gasteiger partial charge on any atom is -0.493 e. The van der Waals surface area contributed by atoms with Crippen LogP contribution < -0.4 is 10.1 Å². The molecule has 1 amide bonds. The SMILES string of the molecule is Cc1nn2c(C(C)C)c(C(=O)N[C@H]3CCOc4ccccc43)ccc2c1-c1c(F)cccc1F. The number of carbonyl (C=O) groups is 1. The molecular weight excluding hydrogens is 436 g/mol. The van der Waals surface area contributed by atoms with Crippen LogP contribution in [0.15, 0.2) is 54.6 Å². The quantitative estimate of drug-likeness (QED) is 0.408. The van der Waals surface area contributed by atoms with Crippen LogP contribution in [0.2, 0.25) is 0 Å². The molecule has 0 unspecified atom stereocenters. The van der Waals surface area contributed by atoms with Gasteiger partial charge >= 0.3 is 0 Å². The Morgan fingerprint density at radius 2 is 1.79 bits per heavy atom. The molecule has 34 heavy (non-hydrogen) atoms. The molecule has 1 atom stereocenters. The van der Waals surface area contributed by atoms with E-state index in [1.807, 2.05) is 38.1 Å². The van der Waals surface area contributed by atoms with Crippen molar-refractivity contribution in [3.8, 4) is 16.9 Å². The summed E-state index contributed by atoms with van der Waals surface area (Å²) in [5, 5.41) is 7.74. The number of nitrogens with one attached hydrogen (secondary N) is 1. The Bertz CT molecular complexity index is 1390. The van der Waals surface area contributed by atoms with Gasteiger partial charge in [0.25, 0.3) is 5.91 Å². The van der Waals surface area contributed by atoms with Crippen molar-refractivity contribution < 1.29 is 18.3 Å². The van der Waals surface area contributed by atoms with Gasteiger partial charge in [-0.1, -0.05) is 38.1 Å². The fourth-order valence-corrected chi connectivity index (χ4v) is 4.77. The fraction of sp³-hybridized carbons (Fsp3) is 0.259. The van der Waals surface area contributed by atoms with Gasteiger partial charge in [0.2, 0.25) is 0 Å². The van der Waals surface area contributed by atoms with E-state index < -0.39 is 11.6 Å². The number of hydrogen-bond donors (Lipinski definition) is 1. The number of aryl methyl sites for hydroxylation is 1. The van der Waals surface area contributed by atoms with Crippen molar-refractivity contribution in [1.29, 1.82) is 0 Å². The van der Waals surface area contributed by atoms with Gasteiger partial charge in [-0.25, -0.2) is 13.3 Å². The predicted octanol–water partition coefficient (Wildman–Crippen LogP) is 5.96. The van der Waals surface area contributed by atoms with Crippen molar-refractivity contribution in [2.45, 2.75) is 39.2 Å². The summed E-state index contributed by atoms with van der Waals surface area (Å²) >= 11 is 0. The average Bonchev–Trinajstić information content (AvgIpc) is 3.14. The molecule has 0 aliphatic carbocycles. The molecule has 1 aliphatic heterocycles. The van der Waals surface area contributed by atoms with Crippen molar-refractivity contribution >= 4 is 11.4 Å². The van der Waals surface area contributed by atoms with Gasteiger partial charge in [0, 0.05) is 17.5 Å². The van der Waals surface area contributed by atoms with Crippen LogP contribution in [0.5, 0.6) is 5.75 Å². The highest BCUT2D eigenvalue weighted by molar-refractivity contribution is 5.97. The van der Waals surface area contributed by atoms with Crippen LogP contribution >= 0.6 is 0 Å². The van der Waals surface area contributed by atoms with Gasteiger partial charge in [-0.05, 0) is 43.2 Å². The molecule has 0 radical (unpaired) electrons. The molecule has 174 valence electrons. The van der Waals surface area contributed by atoms with Crippen LogP contribution in [0.1, 0.15) is 59.5 Å². The number of nitrogens with zero attached hydrogens (tertiary/aromatic N) is 2. The number of ether oxygens (including phenoxy) is 1. The van der Waals surface area contributed by atoms with E-state index in [-0.39, 0.29) is 23.4 Å². The molecule has 7 heteroatoms. The Labute approximate surface area is 196 Å². The van der Waals surface area contributed by atoms with Crippen molar-refractivity contribution in [2.24, 2.45) is 0 Å². The van der Waals surface area contributed by atoms with E-state index in [0.29, 0.717) is 41.1 Å². The zero-order valence-corrected chi connectivity index (χ0v) is 19.2. The van der Waals surface area contributed by atoms with E-state index in [2.05, 4.69) is 10.4 Å². The average molecular weight is 462 g/mol. The second-order valence-corrected chi connectivity index (χ2v) is 8.84. The maximum absolute atomic E-state index is 14.6. The standard InChI is InChI=1S/C27H25F2N3O2/c1-15(2)26-18(27(33)30-21-13-14-34-23-10-5-4-7-17(21)23)11-12-22-24(16(3)31-32(22)26)25-19(28)8-6-9-20(25)29/h4-12,15,21H,13-14H2,1-3H3,(H,30,33)/t21-/m0/s1. The van der Waals surface area contributed by atoms with Gasteiger partial charge in [0.15, 0.2) is 0 Å². The first kappa shape index (κ1) is 22.1. The summed E-state index contributed by atoms with van der Waals surface area (Å²) in [6.45, 7) is 6.18. The van der Waals surface area contributed by atoms with Crippen LogP contribution in [0.4, 0.5) is 8.78 Å². The van der Waals surface area contributed by atoms with Crippen molar-refractivity contribution in [3.63, 3.8) is 0 Å². The molecule has 5 rings (SSSR count). The first-order valence-electron chi connectivity index (χ1n) is 11.4. The molecular formula is C27H25F2N3O2. The third kappa shape index (κ3) is 3.61. The Morgan fingerprint density at radius 3 is 2.53 bits per heavy atom. The largest absolute Gasteiger partial charge is 0.493 e. The lowest BCUT2D eigenvalue weighted by Crippen LogP contribution is -2.33. The number of pyridine rings is 1. The molecule has 1 aliphatic rings. The molecule has 0 fully saturated rings. The van der Waals surface area contributed by atoms with E-state index in [1.54, 1.807) is 23.6 Å². The molecule has 2 aromatic heterocycles. The summed E-state index contributed by atoms with van der Waals surface area (Å²) in [6, 6.07) is 14.7. The lowest BCUT2D eigenvalue weighted by Gasteiger charge is -2.27. The molecule has 5 nitrogen and oxygen atoms in total. The molecule has 0 saturated carbocycles. The van der Waals surface area contributed by atoms with Gasteiger partial charge in [0.05, 0.1) is 40.7 Å². The van der Waals surface area contributed by atoms with Gasteiger partial charge < -0.3 is 10.1 Å². The second kappa shape index (κ2) is 8.56. The predicted molar refractivity (Wildman–Crippen MR) is 126 cm³/mol. The topological polar surface area (TPSA) is 55.6 Å². The molecule has 0 spiro atoms. The number of para-hydroxylation sites is 1. The monoisotopic (exact) mass is 461 g/mol.